The molecule has 106 valence electrons. The fraction of sp³-hybridized carbons (Fsp3) is 0.312. The maximum Gasteiger partial charge on any atom is 0.137 e. The van der Waals surface area contributed by atoms with Crippen LogP contribution in [0.3, 0.4) is 0 Å². The highest BCUT2D eigenvalue weighted by molar-refractivity contribution is 6.32. The van der Waals surface area contributed by atoms with E-state index >= 15 is 0 Å². The topological polar surface area (TPSA) is 34.1 Å². The van der Waals surface area contributed by atoms with Gasteiger partial charge < -0.3 is 10.1 Å². The van der Waals surface area contributed by atoms with Gasteiger partial charge in [-0.2, -0.15) is 0 Å². The van der Waals surface area contributed by atoms with Crippen LogP contribution in [0.5, 0.6) is 5.75 Å². The van der Waals surface area contributed by atoms with Crippen LogP contribution in [0, 0.1) is 13.8 Å². The number of hydrogen-bond donors (Lipinski definition) is 1. The Morgan fingerprint density at radius 2 is 2.00 bits per heavy atom. The second kappa shape index (κ2) is 6.25. The lowest BCUT2D eigenvalue weighted by molar-refractivity contribution is 0.414. The van der Waals surface area contributed by atoms with Crippen molar-refractivity contribution < 1.29 is 4.74 Å². The molecule has 20 heavy (non-hydrogen) atoms. The molecule has 1 N–H and O–H groups in total. The summed E-state index contributed by atoms with van der Waals surface area (Å²) < 4.78 is 5.29. The number of aryl methyl sites for hydroxylation is 2. The number of ether oxygens (including phenoxy) is 1. The molecule has 1 aromatic heterocycles. The Labute approximate surface area is 124 Å². The average molecular weight is 291 g/mol. The molecule has 0 aliphatic heterocycles. The summed E-state index contributed by atoms with van der Waals surface area (Å²) in [5.41, 5.74) is 4.42. The Kier molecular flexibility index (Phi) is 4.63. The van der Waals surface area contributed by atoms with E-state index in [1.165, 1.54) is 5.56 Å². The largest absolute Gasteiger partial charge is 0.495 e. The minimum absolute atomic E-state index is 0.0155. The predicted octanol–water partition coefficient (Wildman–Crippen LogP) is 3.67. The van der Waals surface area contributed by atoms with Crippen LogP contribution in [-0.2, 0) is 0 Å². The normalized spacial score (nSPS) is 12.2. The first-order chi connectivity index (χ1) is 9.56. The maximum absolute atomic E-state index is 6.08. The van der Waals surface area contributed by atoms with Crippen molar-refractivity contribution in [2.24, 2.45) is 0 Å². The zero-order valence-corrected chi connectivity index (χ0v) is 13.0. The quantitative estimate of drug-likeness (QED) is 0.933. The van der Waals surface area contributed by atoms with Gasteiger partial charge in [-0.25, -0.2) is 0 Å². The molecule has 4 heteroatoms. The fourth-order valence-electron chi connectivity index (χ4n) is 2.35. The van der Waals surface area contributed by atoms with E-state index in [1.54, 1.807) is 7.11 Å². The molecule has 3 nitrogen and oxygen atoms in total. The van der Waals surface area contributed by atoms with Crippen LogP contribution in [0.4, 0.5) is 0 Å². The van der Waals surface area contributed by atoms with Crippen LogP contribution in [0.1, 0.15) is 28.4 Å². The van der Waals surface area contributed by atoms with Gasteiger partial charge in [-0.1, -0.05) is 23.7 Å². The number of aromatic nitrogens is 1. The first-order valence-electron chi connectivity index (χ1n) is 6.50. The van der Waals surface area contributed by atoms with Crippen LogP contribution < -0.4 is 10.1 Å². The summed E-state index contributed by atoms with van der Waals surface area (Å²) in [6.07, 6.45) is 1.89. The van der Waals surface area contributed by atoms with Gasteiger partial charge in [0.2, 0.25) is 0 Å². The van der Waals surface area contributed by atoms with E-state index in [2.05, 4.69) is 23.3 Å². The van der Waals surface area contributed by atoms with Gasteiger partial charge in [-0.15, -0.1) is 0 Å². The lowest BCUT2D eigenvalue weighted by Crippen LogP contribution is -2.20. The van der Waals surface area contributed by atoms with E-state index < -0.39 is 0 Å². The summed E-state index contributed by atoms with van der Waals surface area (Å²) in [6.45, 7) is 4.12. The van der Waals surface area contributed by atoms with Gasteiger partial charge in [0.05, 0.1) is 23.9 Å². The summed E-state index contributed by atoms with van der Waals surface area (Å²) >= 11 is 6.08. The van der Waals surface area contributed by atoms with Crippen LogP contribution in [-0.4, -0.2) is 19.1 Å². The zero-order chi connectivity index (χ0) is 14.7. The van der Waals surface area contributed by atoms with Crippen molar-refractivity contribution in [1.29, 1.82) is 0 Å². The standard InChI is InChI=1S/C16H19ClN2O/c1-10-7-11(2)15(19-9-10)16(18-3)12-5-6-13(17)14(8-12)20-4/h5-9,16,18H,1-4H3. The SMILES string of the molecule is CNC(c1ccc(Cl)c(OC)c1)c1ncc(C)cc1C. The highest BCUT2D eigenvalue weighted by Crippen LogP contribution is 2.30. The van der Waals surface area contributed by atoms with Crippen molar-refractivity contribution in [2.45, 2.75) is 19.9 Å². The number of methoxy groups -OCH3 is 1. The van der Waals surface area contributed by atoms with Crippen molar-refractivity contribution in [3.05, 3.63) is 57.9 Å². The fourth-order valence-corrected chi connectivity index (χ4v) is 2.54. The molecule has 0 radical (unpaired) electrons. The third-order valence-electron chi connectivity index (χ3n) is 3.33. The number of nitrogens with zero attached hydrogens (tertiary/aromatic N) is 1. The Hall–Kier alpha value is -1.58. The molecule has 2 aromatic rings. The minimum Gasteiger partial charge on any atom is -0.495 e. The molecule has 0 aliphatic carbocycles. The smallest absolute Gasteiger partial charge is 0.137 e. The van der Waals surface area contributed by atoms with Crippen molar-refractivity contribution in [1.82, 2.24) is 10.3 Å². The molecule has 0 spiro atoms. The summed E-state index contributed by atoms with van der Waals surface area (Å²) in [7, 11) is 3.54. The molecule has 0 saturated carbocycles. The number of nitrogens with one attached hydrogen (secondary N) is 1. The van der Waals surface area contributed by atoms with Gasteiger partial charge in [-0.3, -0.25) is 4.98 Å². The Morgan fingerprint density at radius 1 is 1.25 bits per heavy atom. The van der Waals surface area contributed by atoms with Crippen LogP contribution >= 0.6 is 11.6 Å². The zero-order valence-electron chi connectivity index (χ0n) is 12.2. The third-order valence-corrected chi connectivity index (χ3v) is 3.64. The van der Waals surface area contributed by atoms with Gasteiger partial charge in [0.1, 0.15) is 5.75 Å². The van der Waals surface area contributed by atoms with Crippen LogP contribution in [0.2, 0.25) is 5.02 Å². The molecule has 1 atom stereocenters. The van der Waals surface area contributed by atoms with E-state index in [1.807, 2.05) is 38.4 Å². The summed E-state index contributed by atoms with van der Waals surface area (Å²) in [4.78, 5) is 4.57. The van der Waals surface area contributed by atoms with Crippen molar-refractivity contribution in [3.8, 4) is 5.75 Å². The molecular formula is C16H19ClN2O. The van der Waals surface area contributed by atoms with Gasteiger partial charge in [0, 0.05) is 6.20 Å². The number of benzene rings is 1. The number of halogens is 1. The lowest BCUT2D eigenvalue weighted by atomic mass is 9.99. The molecule has 0 aliphatic rings. The van der Waals surface area contributed by atoms with Crippen LogP contribution in [0.15, 0.2) is 30.5 Å². The van der Waals surface area contributed by atoms with E-state index in [0.717, 1.165) is 16.8 Å². The maximum atomic E-state index is 6.08. The van der Waals surface area contributed by atoms with Crippen molar-refractivity contribution >= 4 is 11.6 Å². The monoisotopic (exact) mass is 290 g/mol. The molecule has 0 saturated heterocycles. The first-order valence-corrected chi connectivity index (χ1v) is 6.88. The lowest BCUT2D eigenvalue weighted by Gasteiger charge is -2.19. The van der Waals surface area contributed by atoms with Gasteiger partial charge in [0.25, 0.3) is 0 Å². The van der Waals surface area contributed by atoms with Gasteiger partial charge >= 0.3 is 0 Å². The van der Waals surface area contributed by atoms with Crippen molar-refractivity contribution in [2.75, 3.05) is 14.2 Å². The molecular weight excluding hydrogens is 272 g/mol. The van der Waals surface area contributed by atoms with Gasteiger partial charge in [-0.05, 0) is 49.7 Å². The highest BCUT2D eigenvalue weighted by atomic mass is 35.5. The van der Waals surface area contributed by atoms with Crippen LogP contribution in [0.25, 0.3) is 0 Å². The van der Waals surface area contributed by atoms with E-state index in [0.29, 0.717) is 10.8 Å². The van der Waals surface area contributed by atoms with Gasteiger partial charge in [0.15, 0.2) is 0 Å². The summed E-state index contributed by atoms with van der Waals surface area (Å²) in [5, 5.41) is 3.92. The Morgan fingerprint density at radius 3 is 2.60 bits per heavy atom. The summed E-state index contributed by atoms with van der Waals surface area (Å²) in [6, 6.07) is 7.95. The molecule has 1 unspecified atom stereocenters. The van der Waals surface area contributed by atoms with E-state index in [4.69, 9.17) is 16.3 Å². The molecule has 0 bridgehead atoms. The van der Waals surface area contributed by atoms with E-state index in [9.17, 15) is 0 Å². The second-order valence-electron chi connectivity index (χ2n) is 4.83. The highest BCUT2D eigenvalue weighted by Gasteiger charge is 2.17. The molecule has 0 amide bonds. The minimum atomic E-state index is 0.0155. The molecule has 1 heterocycles. The Balaban J connectivity index is 2.46. The number of pyridine rings is 1. The predicted molar refractivity (Wildman–Crippen MR) is 82.6 cm³/mol. The molecule has 2 rings (SSSR count). The number of rotatable bonds is 4. The second-order valence-corrected chi connectivity index (χ2v) is 5.24. The van der Waals surface area contributed by atoms with Crippen molar-refractivity contribution in [3.63, 3.8) is 0 Å². The first kappa shape index (κ1) is 14.8. The van der Waals surface area contributed by atoms with E-state index in [-0.39, 0.29) is 6.04 Å². The average Bonchev–Trinajstić information content (AvgIpc) is 2.43. The Bertz CT molecular complexity index is 613. The number of hydrogen-bond acceptors (Lipinski definition) is 3. The summed E-state index contributed by atoms with van der Waals surface area (Å²) in [5.74, 6) is 0.675. The molecule has 0 fully saturated rings. The molecule has 1 aromatic carbocycles. The third kappa shape index (κ3) is 2.94.